The number of hydrogen-bond donors (Lipinski definition) is 1. The number of fused-ring (bicyclic) bond motifs is 3. The van der Waals surface area contributed by atoms with Crippen molar-refractivity contribution in [3.05, 3.63) is 59.7 Å². The van der Waals surface area contributed by atoms with Gasteiger partial charge in [0.25, 0.3) is 0 Å². The second-order valence-electron chi connectivity index (χ2n) is 8.19. The van der Waals surface area contributed by atoms with Gasteiger partial charge < -0.3 is 10.6 Å². The third kappa shape index (κ3) is 3.24. The van der Waals surface area contributed by atoms with E-state index in [9.17, 15) is 4.79 Å². The van der Waals surface area contributed by atoms with Crippen molar-refractivity contribution in [2.24, 2.45) is 5.73 Å². The summed E-state index contributed by atoms with van der Waals surface area (Å²) in [5.74, 6) is 0.267. The fraction of sp³-hybridized carbons (Fsp3) is 0.458. The number of carbonyl (C=O) groups excluding carboxylic acids is 1. The molecule has 2 aromatic rings. The molecule has 0 radical (unpaired) electrons. The Morgan fingerprint density at radius 2 is 1.56 bits per heavy atom. The Morgan fingerprint density at radius 3 is 2.11 bits per heavy atom. The molecule has 1 fully saturated rings. The SMILES string of the molecule is CC(=O)C1(CCCCN2CCC(N)CC2)c2ccccc2-c2ccccc21. The van der Waals surface area contributed by atoms with Gasteiger partial charge in [-0.3, -0.25) is 4.79 Å². The number of ketones is 1. The van der Waals surface area contributed by atoms with Crippen LogP contribution >= 0.6 is 0 Å². The molecule has 2 N–H and O–H groups in total. The summed E-state index contributed by atoms with van der Waals surface area (Å²) in [6.45, 7) is 5.12. The van der Waals surface area contributed by atoms with E-state index in [1.165, 1.54) is 22.3 Å². The predicted octanol–water partition coefficient (Wildman–Crippen LogP) is 4.14. The van der Waals surface area contributed by atoms with Crippen LogP contribution in [-0.4, -0.2) is 36.4 Å². The summed E-state index contributed by atoms with van der Waals surface area (Å²) in [4.78, 5) is 15.5. The number of hydrogen-bond acceptors (Lipinski definition) is 3. The highest BCUT2D eigenvalue weighted by molar-refractivity contribution is 6.00. The van der Waals surface area contributed by atoms with E-state index in [-0.39, 0.29) is 5.78 Å². The minimum Gasteiger partial charge on any atom is -0.328 e. The molecule has 0 aromatic heterocycles. The van der Waals surface area contributed by atoms with Crippen LogP contribution in [0.15, 0.2) is 48.5 Å². The van der Waals surface area contributed by atoms with Gasteiger partial charge in [0, 0.05) is 6.04 Å². The van der Waals surface area contributed by atoms with Crippen LogP contribution in [0.1, 0.15) is 50.2 Å². The summed E-state index contributed by atoms with van der Waals surface area (Å²) < 4.78 is 0. The molecule has 0 bridgehead atoms. The molecular weight excluding hydrogens is 332 g/mol. The minimum atomic E-state index is -0.475. The quantitative estimate of drug-likeness (QED) is 0.786. The Bertz CT molecular complexity index is 775. The maximum atomic E-state index is 13.0. The molecule has 4 rings (SSSR count). The van der Waals surface area contributed by atoms with Gasteiger partial charge in [-0.15, -0.1) is 0 Å². The minimum absolute atomic E-state index is 0.267. The van der Waals surface area contributed by atoms with Crippen molar-refractivity contribution >= 4 is 5.78 Å². The Morgan fingerprint density at radius 1 is 1.00 bits per heavy atom. The highest BCUT2D eigenvalue weighted by atomic mass is 16.1. The van der Waals surface area contributed by atoms with Crippen molar-refractivity contribution in [2.45, 2.75) is 50.5 Å². The first-order chi connectivity index (χ1) is 13.1. The molecule has 0 atom stereocenters. The summed E-state index contributed by atoms with van der Waals surface area (Å²) in [6.07, 6.45) is 5.30. The van der Waals surface area contributed by atoms with Crippen LogP contribution in [-0.2, 0) is 10.2 Å². The molecule has 0 unspecified atom stereocenters. The summed E-state index contributed by atoms with van der Waals surface area (Å²) in [5.41, 5.74) is 10.4. The van der Waals surface area contributed by atoms with Gasteiger partial charge in [0.15, 0.2) is 0 Å². The number of nitrogens with zero attached hydrogens (tertiary/aromatic N) is 1. The van der Waals surface area contributed by atoms with E-state index in [1.807, 2.05) is 0 Å². The second-order valence-corrected chi connectivity index (χ2v) is 8.19. The molecule has 0 amide bonds. The smallest absolute Gasteiger partial charge is 0.144 e. The molecular formula is C24H30N2O. The van der Waals surface area contributed by atoms with Gasteiger partial charge in [-0.2, -0.15) is 0 Å². The monoisotopic (exact) mass is 362 g/mol. The largest absolute Gasteiger partial charge is 0.328 e. The van der Waals surface area contributed by atoms with E-state index in [0.29, 0.717) is 6.04 Å². The number of carbonyl (C=O) groups is 1. The van der Waals surface area contributed by atoms with Crippen molar-refractivity contribution in [1.29, 1.82) is 0 Å². The Labute approximate surface area is 162 Å². The van der Waals surface area contributed by atoms with Crippen LogP contribution in [0.3, 0.4) is 0 Å². The zero-order chi connectivity index (χ0) is 18.9. The van der Waals surface area contributed by atoms with Crippen molar-refractivity contribution in [1.82, 2.24) is 4.90 Å². The predicted molar refractivity (Wildman–Crippen MR) is 111 cm³/mol. The van der Waals surface area contributed by atoms with E-state index in [4.69, 9.17) is 5.73 Å². The molecule has 2 aliphatic rings. The Hall–Kier alpha value is -1.97. The van der Waals surface area contributed by atoms with E-state index >= 15 is 0 Å². The van der Waals surface area contributed by atoms with Crippen molar-refractivity contribution in [2.75, 3.05) is 19.6 Å². The van der Waals surface area contributed by atoms with Gasteiger partial charge >= 0.3 is 0 Å². The maximum absolute atomic E-state index is 13.0. The normalized spacial score (nSPS) is 18.9. The zero-order valence-corrected chi connectivity index (χ0v) is 16.3. The van der Waals surface area contributed by atoms with Crippen LogP contribution in [0, 0.1) is 0 Å². The van der Waals surface area contributed by atoms with Gasteiger partial charge in [-0.1, -0.05) is 55.0 Å². The van der Waals surface area contributed by atoms with Crippen LogP contribution < -0.4 is 5.73 Å². The fourth-order valence-corrected chi connectivity index (χ4v) is 5.05. The van der Waals surface area contributed by atoms with E-state index in [1.54, 1.807) is 6.92 Å². The summed E-state index contributed by atoms with van der Waals surface area (Å²) >= 11 is 0. The van der Waals surface area contributed by atoms with Gasteiger partial charge in [0.05, 0.1) is 5.41 Å². The van der Waals surface area contributed by atoms with Gasteiger partial charge in [-0.05, 0) is 74.5 Å². The highest BCUT2D eigenvalue weighted by Gasteiger charge is 2.46. The summed E-state index contributed by atoms with van der Waals surface area (Å²) in [5, 5.41) is 0. The van der Waals surface area contributed by atoms with Gasteiger partial charge in [0.1, 0.15) is 5.78 Å². The topological polar surface area (TPSA) is 46.3 Å². The number of unbranched alkanes of at least 4 members (excludes halogenated alkanes) is 1. The van der Waals surface area contributed by atoms with Crippen LogP contribution in [0.5, 0.6) is 0 Å². The first-order valence-corrected chi connectivity index (χ1v) is 10.3. The van der Waals surface area contributed by atoms with Gasteiger partial charge in [0.2, 0.25) is 0 Å². The second kappa shape index (κ2) is 7.57. The standard InChI is InChI=1S/C24H30N2O/c1-18(27)24(14-6-7-15-26-16-12-19(25)13-17-26)22-10-4-2-8-20(22)21-9-3-5-11-23(21)24/h2-5,8-11,19H,6-7,12-17,25H2,1H3. The molecule has 1 aliphatic heterocycles. The van der Waals surface area contributed by atoms with Gasteiger partial charge in [-0.25, -0.2) is 0 Å². The molecule has 0 saturated carbocycles. The fourth-order valence-electron chi connectivity index (χ4n) is 5.05. The van der Waals surface area contributed by atoms with Crippen molar-refractivity contribution in [3.8, 4) is 11.1 Å². The highest BCUT2D eigenvalue weighted by Crippen LogP contribution is 2.51. The number of likely N-dealkylation sites (tertiary alicyclic amines) is 1. The molecule has 2 aromatic carbocycles. The lowest BCUT2D eigenvalue weighted by atomic mass is 9.71. The van der Waals surface area contributed by atoms with Crippen LogP contribution in [0.25, 0.3) is 11.1 Å². The Kier molecular flexibility index (Phi) is 5.16. The molecule has 3 heteroatoms. The molecule has 0 spiro atoms. The molecule has 3 nitrogen and oxygen atoms in total. The molecule has 1 saturated heterocycles. The van der Waals surface area contributed by atoms with Crippen molar-refractivity contribution < 1.29 is 4.79 Å². The molecule has 1 aliphatic carbocycles. The first-order valence-electron chi connectivity index (χ1n) is 10.3. The average Bonchev–Trinajstić information content (AvgIpc) is 2.98. The lowest BCUT2D eigenvalue weighted by Gasteiger charge is -2.32. The molecule has 27 heavy (non-hydrogen) atoms. The lowest BCUT2D eigenvalue weighted by Crippen LogP contribution is -2.40. The molecule has 142 valence electrons. The number of piperidine rings is 1. The Balaban J connectivity index is 1.53. The van der Waals surface area contributed by atoms with E-state index in [0.717, 1.165) is 51.7 Å². The number of benzene rings is 2. The van der Waals surface area contributed by atoms with Crippen LogP contribution in [0.4, 0.5) is 0 Å². The molecule has 1 heterocycles. The average molecular weight is 363 g/mol. The van der Waals surface area contributed by atoms with Crippen molar-refractivity contribution in [3.63, 3.8) is 0 Å². The maximum Gasteiger partial charge on any atom is 0.144 e. The zero-order valence-electron chi connectivity index (χ0n) is 16.3. The third-order valence-electron chi connectivity index (χ3n) is 6.57. The number of Topliss-reactive ketones (excluding diaryl/α,β-unsaturated/α-hetero) is 1. The number of nitrogens with two attached hydrogens (primary N) is 1. The number of rotatable bonds is 6. The summed E-state index contributed by atoms with van der Waals surface area (Å²) in [6, 6.07) is 17.3. The summed E-state index contributed by atoms with van der Waals surface area (Å²) in [7, 11) is 0. The van der Waals surface area contributed by atoms with E-state index < -0.39 is 5.41 Å². The lowest BCUT2D eigenvalue weighted by molar-refractivity contribution is -0.121. The first kappa shape index (κ1) is 18.4. The van der Waals surface area contributed by atoms with E-state index in [2.05, 4.69) is 53.4 Å². The third-order valence-corrected chi connectivity index (χ3v) is 6.57. The van der Waals surface area contributed by atoms with Crippen LogP contribution in [0.2, 0.25) is 0 Å².